The summed E-state index contributed by atoms with van der Waals surface area (Å²) in [4.78, 5) is 17.5. The lowest BCUT2D eigenvalue weighted by Gasteiger charge is -2.15. The lowest BCUT2D eigenvalue weighted by molar-refractivity contribution is 0.101. The van der Waals surface area contributed by atoms with Gasteiger partial charge in [-0.05, 0) is 44.5 Å². The number of aryl methyl sites for hydroxylation is 1. The minimum absolute atomic E-state index is 0.0198. The van der Waals surface area contributed by atoms with Crippen molar-refractivity contribution in [2.45, 2.75) is 39.7 Å². The molecule has 6 heteroatoms. The van der Waals surface area contributed by atoms with Gasteiger partial charge in [-0.1, -0.05) is 25.5 Å². The molecule has 0 fully saturated rings. The molecule has 0 aliphatic carbocycles. The Balaban J connectivity index is 2.00. The van der Waals surface area contributed by atoms with Crippen LogP contribution in [0.3, 0.4) is 0 Å². The Bertz CT molecular complexity index is 934. The number of benzene rings is 1. The van der Waals surface area contributed by atoms with Crippen molar-refractivity contribution in [2.24, 2.45) is 0 Å². The van der Waals surface area contributed by atoms with Gasteiger partial charge in [-0.15, -0.1) is 0 Å². The van der Waals surface area contributed by atoms with Gasteiger partial charge in [0.15, 0.2) is 0 Å². The molecule has 1 N–H and O–H groups in total. The first-order chi connectivity index (χ1) is 12.5. The number of nitrogens with one attached hydrogen (secondary N) is 1. The molecule has 0 spiro atoms. The number of carbonyl (C=O) groups is 1. The number of anilines is 1. The molecule has 0 saturated carbocycles. The number of halogens is 1. The molecule has 136 valence electrons. The van der Waals surface area contributed by atoms with Crippen LogP contribution in [0.2, 0.25) is 0 Å². The van der Waals surface area contributed by atoms with Crippen molar-refractivity contribution in [1.82, 2.24) is 9.38 Å². The van der Waals surface area contributed by atoms with Crippen LogP contribution in [0.4, 0.5) is 10.1 Å². The van der Waals surface area contributed by atoms with Gasteiger partial charge >= 0.3 is 0 Å². The van der Waals surface area contributed by atoms with Crippen LogP contribution in [0.1, 0.15) is 43.4 Å². The van der Waals surface area contributed by atoms with Crippen molar-refractivity contribution >= 4 is 17.2 Å². The summed E-state index contributed by atoms with van der Waals surface area (Å²) in [6.07, 6.45) is 2.73. The van der Waals surface area contributed by atoms with Crippen LogP contribution in [0, 0.1) is 5.82 Å². The second kappa shape index (κ2) is 7.56. The minimum Gasteiger partial charge on any atom is -0.489 e. The topological polar surface area (TPSA) is 55.6 Å². The van der Waals surface area contributed by atoms with E-state index in [-0.39, 0.29) is 12.0 Å². The van der Waals surface area contributed by atoms with Crippen LogP contribution in [0.25, 0.3) is 5.65 Å². The number of ether oxygens (including phenoxy) is 1. The highest BCUT2D eigenvalue weighted by Crippen LogP contribution is 2.26. The first kappa shape index (κ1) is 17.9. The lowest BCUT2D eigenvalue weighted by Crippen LogP contribution is -2.18. The number of nitrogens with zero attached hydrogens (tertiary/aromatic N) is 2. The van der Waals surface area contributed by atoms with E-state index in [9.17, 15) is 9.18 Å². The third-order valence-corrected chi connectivity index (χ3v) is 3.85. The van der Waals surface area contributed by atoms with Crippen molar-refractivity contribution in [2.75, 3.05) is 5.32 Å². The summed E-state index contributed by atoms with van der Waals surface area (Å²) in [7, 11) is 0. The lowest BCUT2D eigenvalue weighted by atomic mass is 10.2. The highest BCUT2D eigenvalue weighted by molar-refractivity contribution is 6.05. The van der Waals surface area contributed by atoms with Crippen LogP contribution >= 0.6 is 0 Å². The van der Waals surface area contributed by atoms with E-state index in [1.165, 1.54) is 16.7 Å². The zero-order valence-electron chi connectivity index (χ0n) is 15.1. The van der Waals surface area contributed by atoms with Crippen LogP contribution in [0.15, 0.2) is 42.6 Å². The molecular weight excluding hydrogens is 333 g/mol. The maximum absolute atomic E-state index is 13.7. The third kappa shape index (κ3) is 3.69. The number of imidazole rings is 1. The van der Waals surface area contributed by atoms with Crippen molar-refractivity contribution < 1.29 is 13.9 Å². The maximum Gasteiger partial charge on any atom is 0.274 e. The van der Waals surface area contributed by atoms with E-state index in [0.29, 0.717) is 34.9 Å². The van der Waals surface area contributed by atoms with Crippen LogP contribution in [-0.4, -0.2) is 21.4 Å². The van der Waals surface area contributed by atoms with Crippen LogP contribution < -0.4 is 10.1 Å². The number of rotatable bonds is 6. The molecule has 0 radical (unpaired) electrons. The molecule has 0 aliphatic heterocycles. The zero-order valence-corrected chi connectivity index (χ0v) is 15.1. The molecule has 3 aromatic rings. The van der Waals surface area contributed by atoms with E-state index >= 15 is 0 Å². The smallest absolute Gasteiger partial charge is 0.274 e. The van der Waals surface area contributed by atoms with Crippen molar-refractivity contribution in [3.8, 4) is 5.75 Å². The molecular formula is C20H22FN3O2. The fourth-order valence-electron chi connectivity index (χ4n) is 2.83. The van der Waals surface area contributed by atoms with Gasteiger partial charge in [0.1, 0.15) is 22.9 Å². The normalized spacial score (nSPS) is 11.1. The minimum atomic E-state index is -0.421. The van der Waals surface area contributed by atoms with Crippen LogP contribution in [0.5, 0.6) is 5.75 Å². The molecule has 26 heavy (non-hydrogen) atoms. The SMILES string of the molecule is CCCc1nc2ccc(F)cn2c1C(=O)Nc1ccccc1OC(C)C. The number of para-hydroxylation sites is 2. The zero-order chi connectivity index (χ0) is 18.7. The first-order valence-electron chi connectivity index (χ1n) is 8.73. The first-order valence-corrected chi connectivity index (χ1v) is 8.73. The summed E-state index contributed by atoms with van der Waals surface area (Å²) in [5, 5.41) is 2.88. The molecule has 5 nitrogen and oxygen atoms in total. The molecule has 2 aromatic heterocycles. The third-order valence-electron chi connectivity index (χ3n) is 3.85. The second-order valence-electron chi connectivity index (χ2n) is 6.35. The number of aromatic nitrogens is 2. The average Bonchev–Trinajstić information content (AvgIpc) is 2.93. The van der Waals surface area contributed by atoms with E-state index in [2.05, 4.69) is 10.3 Å². The Kier molecular flexibility index (Phi) is 5.21. The van der Waals surface area contributed by atoms with Gasteiger partial charge in [0.2, 0.25) is 0 Å². The van der Waals surface area contributed by atoms with Gasteiger partial charge in [0.25, 0.3) is 5.91 Å². The van der Waals surface area contributed by atoms with E-state index in [0.717, 1.165) is 6.42 Å². The van der Waals surface area contributed by atoms with Crippen LogP contribution in [-0.2, 0) is 6.42 Å². The number of hydrogen-bond acceptors (Lipinski definition) is 3. The van der Waals surface area contributed by atoms with Crippen molar-refractivity contribution in [3.63, 3.8) is 0 Å². The number of pyridine rings is 1. The Labute approximate surface area is 151 Å². The Morgan fingerprint density at radius 1 is 1.27 bits per heavy atom. The molecule has 0 aliphatic rings. The summed E-state index contributed by atoms with van der Waals surface area (Å²) in [6.45, 7) is 5.86. The quantitative estimate of drug-likeness (QED) is 0.710. The Morgan fingerprint density at radius 3 is 2.77 bits per heavy atom. The predicted molar refractivity (Wildman–Crippen MR) is 99.3 cm³/mol. The molecule has 2 heterocycles. The highest BCUT2D eigenvalue weighted by atomic mass is 19.1. The second-order valence-corrected chi connectivity index (χ2v) is 6.35. The molecule has 0 saturated heterocycles. The van der Waals surface area contributed by atoms with Gasteiger partial charge < -0.3 is 10.1 Å². The molecule has 1 aromatic carbocycles. The molecule has 1 amide bonds. The monoisotopic (exact) mass is 355 g/mol. The van der Waals surface area contributed by atoms with Gasteiger partial charge in [-0.2, -0.15) is 0 Å². The summed E-state index contributed by atoms with van der Waals surface area (Å²) in [6, 6.07) is 10.2. The van der Waals surface area contributed by atoms with Gasteiger partial charge in [-0.3, -0.25) is 9.20 Å². The van der Waals surface area contributed by atoms with E-state index in [4.69, 9.17) is 4.74 Å². The molecule has 3 rings (SSSR count). The average molecular weight is 355 g/mol. The van der Waals surface area contributed by atoms with Crippen molar-refractivity contribution in [1.29, 1.82) is 0 Å². The number of fused-ring (bicyclic) bond motifs is 1. The fraction of sp³-hybridized carbons (Fsp3) is 0.300. The Morgan fingerprint density at radius 2 is 2.04 bits per heavy atom. The Hall–Kier alpha value is -2.89. The van der Waals surface area contributed by atoms with E-state index in [1.807, 2.05) is 32.9 Å². The summed E-state index contributed by atoms with van der Waals surface area (Å²) in [5.41, 5.74) is 2.12. The van der Waals surface area contributed by atoms with Gasteiger partial charge in [-0.25, -0.2) is 9.37 Å². The molecule has 0 bridgehead atoms. The van der Waals surface area contributed by atoms with E-state index in [1.54, 1.807) is 18.2 Å². The summed E-state index contributed by atoms with van der Waals surface area (Å²) >= 11 is 0. The predicted octanol–water partition coefficient (Wildman–Crippen LogP) is 4.47. The van der Waals surface area contributed by atoms with E-state index < -0.39 is 5.82 Å². The molecule has 0 atom stereocenters. The van der Waals surface area contributed by atoms with Crippen molar-refractivity contribution in [3.05, 3.63) is 59.8 Å². The number of amides is 1. The van der Waals surface area contributed by atoms with Gasteiger partial charge in [0.05, 0.1) is 17.5 Å². The van der Waals surface area contributed by atoms with Gasteiger partial charge in [0, 0.05) is 6.20 Å². The summed E-state index contributed by atoms with van der Waals surface area (Å²) in [5.74, 6) is -0.171. The number of hydrogen-bond donors (Lipinski definition) is 1. The number of carbonyl (C=O) groups excluding carboxylic acids is 1. The standard InChI is InChI=1S/C20H22FN3O2/c1-4-7-16-19(24-12-14(21)10-11-18(24)22-16)20(25)23-15-8-5-6-9-17(15)26-13(2)3/h5-6,8-13H,4,7H2,1-3H3,(H,23,25). The summed E-state index contributed by atoms with van der Waals surface area (Å²) < 4.78 is 21.0. The molecule has 0 unspecified atom stereocenters. The largest absolute Gasteiger partial charge is 0.489 e. The fourth-order valence-corrected chi connectivity index (χ4v) is 2.83. The maximum atomic E-state index is 13.7. The highest BCUT2D eigenvalue weighted by Gasteiger charge is 2.20.